The van der Waals surface area contributed by atoms with E-state index >= 15 is 0 Å². The van der Waals surface area contributed by atoms with Crippen molar-refractivity contribution in [3.8, 4) is 0 Å². The highest BCUT2D eigenvalue weighted by Gasteiger charge is 2.22. The highest BCUT2D eigenvalue weighted by atomic mass is 32.1. The highest BCUT2D eigenvalue weighted by Crippen LogP contribution is 2.19. The second-order valence-corrected chi connectivity index (χ2v) is 3.11. The smallest absolute Gasteiger partial charge is 0.315 e. The van der Waals surface area contributed by atoms with Gasteiger partial charge in [-0.15, -0.1) is 11.3 Å². The van der Waals surface area contributed by atoms with Crippen molar-refractivity contribution in [2.75, 3.05) is 7.11 Å². The summed E-state index contributed by atoms with van der Waals surface area (Å²) in [4.78, 5) is 25.4. The Hall–Kier alpha value is -1.23. The standard InChI is InChI=1S/C8H9NO3S/c1-12-8(11)6(2-3-10)7-4-13-5-9-7/h3-6H,2H2,1H3. The fraction of sp³-hybridized carbons (Fsp3) is 0.375. The number of ether oxygens (including phenoxy) is 1. The summed E-state index contributed by atoms with van der Waals surface area (Å²) in [5, 5.41) is 1.74. The third kappa shape index (κ3) is 2.35. The van der Waals surface area contributed by atoms with E-state index in [0.717, 1.165) is 0 Å². The van der Waals surface area contributed by atoms with Crippen LogP contribution in [0.2, 0.25) is 0 Å². The predicted molar refractivity (Wildman–Crippen MR) is 47.6 cm³/mol. The van der Waals surface area contributed by atoms with Crippen LogP contribution in [-0.4, -0.2) is 24.3 Å². The van der Waals surface area contributed by atoms with Crippen LogP contribution in [0.25, 0.3) is 0 Å². The summed E-state index contributed by atoms with van der Waals surface area (Å²) in [6, 6.07) is 0. The SMILES string of the molecule is COC(=O)C(CC=O)c1cscn1. The largest absolute Gasteiger partial charge is 0.468 e. The second kappa shape index (κ2) is 4.71. The topological polar surface area (TPSA) is 56.3 Å². The lowest BCUT2D eigenvalue weighted by atomic mass is 10.0. The molecule has 0 spiro atoms. The summed E-state index contributed by atoms with van der Waals surface area (Å²) in [6.45, 7) is 0. The van der Waals surface area contributed by atoms with Gasteiger partial charge in [-0.1, -0.05) is 0 Å². The first-order valence-corrected chi connectivity index (χ1v) is 4.63. The lowest BCUT2D eigenvalue weighted by Gasteiger charge is -2.07. The molecule has 0 aromatic carbocycles. The van der Waals surface area contributed by atoms with E-state index in [9.17, 15) is 9.59 Å². The fourth-order valence-corrected chi connectivity index (χ4v) is 1.58. The minimum Gasteiger partial charge on any atom is -0.468 e. The minimum atomic E-state index is -0.547. The molecule has 0 fully saturated rings. The van der Waals surface area contributed by atoms with E-state index in [1.807, 2.05) is 0 Å². The highest BCUT2D eigenvalue weighted by molar-refractivity contribution is 7.07. The lowest BCUT2D eigenvalue weighted by molar-refractivity contribution is -0.143. The maximum Gasteiger partial charge on any atom is 0.315 e. The van der Waals surface area contributed by atoms with E-state index < -0.39 is 11.9 Å². The molecule has 0 aliphatic rings. The number of rotatable bonds is 4. The van der Waals surface area contributed by atoms with Gasteiger partial charge in [0.25, 0.3) is 0 Å². The van der Waals surface area contributed by atoms with Crippen LogP contribution >= 0.6 is 11.3 Å². The van der Waals surface area contributed by atoms with Crippen molar-refractivity contribution in [3.63, 3.8) is 0 Å². The Morgan fingerprint density at radius 2 is 2.62 bits per heavy atom. The summed E-state index contributed by atoms with van der Waals surface area (Å²) >= 11 is 1.39. The van der Waals surface area contributed by atoms with E-state index in [0.29, 0.717) is 12.0 Å². The molecule has 1 heterocycles. The molecule has 4 nitrogen and oxygen atoms in total. The van der Waals surface area contributed by atoms with Gasteiger partial charge in [-0.2, -0.15) is 0 Å². The van der Waals surface area contributed by atoms with E-state index in [4.69, 9.17) is 0 Å². The number of aldehydes is 1. The molecule has 1 aromatic heterocycles. The van der Waals surface area contributed by atoms with E-state index in [-0.39, 0.29) is 6.42 Å². The molecule has 1 aromatic rings. The minimum absolute atomic E-state index is 0.121. The van der Waals surface area contributed by atoms with Gasteiger partial charge in [0, 0.05) is 11.8 Å². The van der Waals surface area contributed by atoms with Crippen molar-refractivity contribution < 1.29 is 14.3 Å². The van der Waals surface area contributed by atoms with Gasteiger partial charge in [-0.3, -0.25) is 4.79 Å². The Kier molecular flexibility index (Phi) is 3.57. The van der Waals surface area contributed by atoms with Crippen LogP contribution < -0.4 is 0 Å². The molecule has 0 N–H and O–H groups in total. The van der Waals surface area contributed by atoms with E-state index in [1.165, 1.54) is 18.4 Å². The summed E-state index contributed by atoms with van der Waals surface area (Å²) < 4.78 is 4.56. The van der Waals surface area contributed by atoms with Crippen LogP contribution in [0.3, 0.4) is 0 Å². The predicted octanol–water partition coefficient (Wildman–Crippen LogP) is 0.989. The average Bonchev–Trinajstić information content (AvgIpc) is 2.65. The molecule has 0 bridgehead atoms. The van der Waals surface area contributed by atoms with Crippen LogP contribution in [0.4, 0.5) is 0 Å². The van der Waals surface area contributed by atoms with Crippen molar-refractivity contribution in [1.29, 1.82) is 0 Å². The van der Waals surface area contributed by atoms with Gasteiger partial charge in [0.15, 0.2) is 0 Å². The first-order chi connectivity index (χ1) is 6.29. The number of thiazole rings is 1. The average molecular weight is 199 g/mol. The maximum absolute atomic E-state index is 11.2. The normalized spacial score (nSPS) is 12.1. The molecule has 1 unspecified atom stereocenters. The van der Waals surface area contributed by atoms with Gasteiger partial charge in [0.2, 0.25) is 0 Å². The zero-order valence-corrected chi connectivity index (χ0v) is 7.91. The monoisotopic (exact) mass is 199 g/mol. The number of aromatic nitrogens is 1. The van der Waals surface area contributed by atoms with Crippen molar-refractivity contribution >= 4 is 23.6 Å². The summed E-state index contributed by atoms with van der Waals surface area (Å²) in [5.74, 6) is -0.966. The van der Waals surface area contributed by atoms with Crippen LogP contribution in [0.5, 0.6) is 0 Å². The summed E-state index contributed by atoms with van der Waals surface area (Å²) in [7, 11) is 1.30. The van der Waals surface area contributed by atoms with Crippen molar-refractivity contribution in [1.82, 2.24) is 4.98 Å². The first-order valence-electron chi connectivity index (χ1n) is 3.69. The molecule has 0 radical (unpaired) electrons. The Labute approximate surface area is 79.6 Å². The summed E-state index contributed by atoms with van der Waals surface area (Å²) in [6.07, 6.45) is 0.817. The fourth-order valence-electron chi connectivity index (χ4n) is 0.970. The van der Waals surface area contributed by atoms with E-state index in [2.05, 4.69) is 9.72 Å². The van der Waals surface area contributed by atoms with Crippen LogP contribution in [0, 0.1) is 0 Å². The van der Waals surface area contributed by atoms with Crippen molar-refractivity contribution in [2.45, 2.75) is 12.3 Å². The molecule has 5 heteroatoms. The van der Waals surface area contributed by atoms with Gasteiger partial charge in [0.1, 0.15) is 12.2 Å². The first kappa shape index (κ1) is 9.85. The molecule has 13 heavy (non-hydrogen) atoms. The number of hydrogen-bond donors (Lipinski definition) is 0. The Bertz CT molecular complexity index is 284. The van der Waals surface area contributed by atoms with E-state index in [1.54, 1.807) is 10.9 Å². The number of nitrogens with zero attached hydrogens (tertiary/aromatic N) is 1. The van der Waals surface area contributed by atoms with Crippen molar-refractivity contribution in [3.05, 3.63) is 16.6 Å². The van der Waals surface area contributed by atoms with Crippen LogP contribution in [0.1, 0.15) is 18.0 Å². The Morgan fingerprint density at radius 3 is 3.08 bits per heavy atom. The van der Waals surface area contributed by atoms with Gasteiger partial charge in [0.05, 0.1) is 18.3 Å². The molecule has 70 valence electrons. The second-order valence-electron chi connectivity index (χ2n) is 2.39. The summed E-state index contributed by atoms with van der Waals surface area (Å²) in [5.41, 5.74) is 2.22. The molecule has 0 aliphatic heterocycles. The Morgan fingerprint density at radius 1 is 1.85 bits per heavy atom. The molecule has 0 amide bonds. The maximum atomic E-state index is 11.2. The molecule has 0 aliphatic carbocycles. The van der Waals surface area contributed by atoms with Gasteiger partial charge < -0.3 is 9.53 Å². The third-order valence-corrected chi connectivity index (χ3v) is 2.23. The third-order valence-electron chi connectivity index (χ3n) is 1.63. The molecular formula is C8H9NO3S. The lowest BCUT2D eigenvalue weighted by Crippen LogP contribution is -2.15. The quantitative estimate of drug-likeness (QED) is 0.536. The Balaban J connectivity index is 2.79. The number of methoxy groups -OCH3 is 1. The zero-order valence-electron chi connectivity index (χ0n) is 7.10. The van der Waals surface area contributed by atoms with Crippen LogP contribution in [-0.2, 0) is 14.3 Å². The molecule has 0 saturated carbocycles. The van der Waals surface area contributed by atoms with Gasteiger partial charge in [-0.25, -0.2) is 4.98 Å². The number of carbonyl (C=O) groups is 2. The molecule has 0 saturated heterocycles. The number of hydrogen-bond acceptors (Lipinski definition) is 5. The van der Waals surface area contributed by atoms with Gasteiger partial charge >= 0.3 is 5.97 Å². The number of esters is 1. The van der Waals surface area contributed by atoms with Crippen molar-refractivity contribution in [2.24, 2.45) is 0 Å². The molecule has 1 atom stereocenters. The zero-order chi connectivity index (χ0) is 9.68. The molecular weight excluding hydrogens is 190 g/mol. The van der Waals surface area contributed by atoms with Crippen LogP contribution in [0.15, 0.2) is 10.9 Å². The number of carbonyl (C=O) groups excluding carboxylic acids is 2. The van der Waals surface area contributed by atoms with Gasteiger partial charge in [-0.05, 0) is 0 Å². The molecule has 1 rings (SSSR count).